The van der Waals surface area contributed by atoms with Gasteiger partial charge >= 0.3 is 0 Å². The standard InChI is InChI=1S/C19H17N3O3/c1-3-10-25-19-15-12-24-11-13(4-2)16(15)21-17(22-19)18(23)20-14-8-6-5-7-9-14/h1,5-9,11H,4,10,12H2,2H3,(H,20,23). The van der Waals surface area contributed by atoms with Crippen molar-refractivity contribution < 1.29 is 14.3 Å². The Morgan fingerprint density at radius 2 is 2.16 bits per heavy atom. The highest BCUT2D eigenvalue weighted by Crippen LogP contribution is 2.31. The molecular formula is C19H17N3O3. The summed E-state index contributed by atoms with van der Waals surface area (Å²) in [7, 11) is 0. The highest BCUT2D eigenvalue weighted by molar-refractivity contribution is 6.01. The number of benzene rings is 1. The van der Waals surface area contributed by atoms with Crippen LogP contribution in [-0.4, -0.2) is 22.5 Å². The van der Waals surface area contributed by atoms with E-state index < -0.39 is 5.91 Å². The molecule has 0 bridgehead atoms. The van der Waals surface area contributed by atoms with Gasteiger partial charge in [0.15, 0.2) is 6.61 Å². The van der Waals surface area contributed by atoms with Crippen molar-refractivity contribution in [2.75, 3.05) is 11.9 Å². The molecule has 3 rings (SSSR count). The average Bonchev–Trinajstić information content (AvgIpc) is 2.66. The van der Waals surface area contributed by atoms with Crippen LogP contribution in [0.2, 0.25) is 0 Å². The molecule has 0 atom stereocenters. The van der Waals surface area contributed by atoms with E-state index in [-0.39, 0.29) is 24.9 Å². The molecule has 0 aliphatic carbocycles. The number of carbonyl (C=O) groups excluding carboxylic acids is 1. The second-order valence-corrected chi connectivity index (χ2v) is 5.30. The highest BCUT2D eigenvalue weighted by Gasteiger charge is 2.24. The zero-order valence-electron chi connectivity index (χ0n) is 13.8. The number of para-hydroxylation sites is 1. The summed E-state index contributed by atoms with van der Waals surface area (Å²) >= 11 is 0. The van der Waals surface area contributed by atoms with Crippen molar-refractivity contribution in [1.29, 1.82) is 0 Å². The van der Waals surface area contributed by atoms with Crippen molar-refractivity contribution in [2.24, 2.45) is 0 Å². The first-order valence-electron chi connectivity index (χ1n) is 7.87. The van der Waals surface area contributed by atoms with Gasteiger partial charge in [-0.2, -0.15) is 4.98 Å². The maximum absolute atomic E-state index is 12.5. The van der Waals surface area contributed by atoms with Gasteiger partial charge in [-0.1, -0.05) is 31.0 Å². The third kappa shape index (κ3) is 3.61. The van der Waals surface area contributed by atoms with Gasteiger partial charge in [0.25, 0.3) is 5.91 Å². The molecule has 0 fully saturated rings. The summed E-state index contributed by atoms with van der Waals surface area (Å²) in [5.74, 6) is 2.28. The highest BCUT2D eigenvalue weighted by atomic mass is 16.5. The maximum atomic E-state index is 12.5. The molecule has 1 aromatic carbocycles. The van der Waals surface area contributed by atoms with Crippen LogP contribution in [0.15, 0.2) is 36.6 Å². The van der Waals surface area contributed by atoms with Gasteiger partial charge in [0.2, 0.25) is 11.7 Å². The van der Waals surface area contributed by atoms with Crippen molar-refractivity contribution in [3.8, 4) is 18.2 Å². The van der Waals surface area contributed by atoms with E-state index in [1.54, 1.807) is 18.4 Å². The minimum Gasteiger partial charge on any atom is -0.496 e. The molecule has 1 aliphatic rings. The fraction of sp³-hybridized carbons (Fsp3) is 0.211. The number of rotatable bonds is 5. The topological polar surface area (TPSA) is 73.3 Å². The number of allylic oxidation sites excluding steroid dienone is 1. The molecular weight excluding hydrogens is 318 g/mol. The molecule has 6 nitrogen and oxygen atoms in total. The van der Waals surface area contributed by atoms with Crippen LogP contribution < -0.4 is 10.1 Å². The third-order valence-corrected chi connectivity index (χ3v) is 3.63. The smallest absolute Gasteiger partial charge is 0.293 e. The number of nitrogens with zero attached hydrogens (tertiary/aromatic N) is 2. The van der Waals surface area contributed by atoms with Crippen LogP contribution in [0.1, 0.15) is 35.2 Å². The summed E-state index contributed by atoms with van der Waals surface area (Å²) in [6.45, 7) is 2.31. The SMILES string of the molecule is C#CCOc1nc(C(=O)Nc2ccccc2)nc2c1COC=C2CC. The number of ether oxygens (including phenoxy) is 2. The molecule has 1 N–H and O–H groups in total. The normalized spacial score (nSPS) is 12.2. The molecule has 0 saturated heterocycles. The number of hydrogen-bond acceptors (Lipinski definition) is 5. The number of anilines is 1. The zero-order chi connectivity index (χ0) is 17.6. The minimum atomic E-state index is -0.415. The van der Waals surface area contributed by atoms with Crippen LogP contribution >= 0.6 is 0 Å². The van der Waals surface area contributed by atoms with Gasteiger partial charge in [0.1, 0.15) is 6.61 Å². The Morgan fingerprint density at radius 3 is 2.88 bits per heavy atom. The first kappa shape index (κ1) is 16.5. The van der Waals surface area contributed by atoms with Gasteiger partial charge < -0.3 is 14.8 Å². The molecule has 126 valence electrons. The fourth-order valence-corrected chi connectivity index (χ4v) is 2.43. The Kier molecular flexibility index (Phi) is 4.95. The summed E-state index contributed by atoms with van der Waals surface area (Å²) in [5.41, 5.74) is 2.90. The number of fused-ring (bicyclic) bond motifs is 1. The van der Waals surface area contributed by atoms with Crippen LogP contribution in [0.25, 0.3) is 5.57 Å². The van der Waals surface area contributed by atoms with E-state index in [0.717, 1.165) is 5.57 Å². The van der Waals surface area contributed by atoms with Crippen LogP contribution in [0, 0.1) is 12.3 Å². The van der Waals surface area contributed by atoms with Crippen molar-refractivity contribution in [3.63, 3.8) is 0 Å². The first-order valence-corrected chi connectivity index (χ1v) is 7.87. The molecule has 2 aromatic rings. The monoisotopic (exact) mass is 335 g/mol. The average molecular weight is 335 g/mol. The molecule has 0 unspecified atom stereocenters. The van der Waals surface area contributed by atoms with Crippen molar-refractivity contribution in [2.45, 2.75) is 20.0 Å². The summed E-state index contributed by atoms with van der Waals surface area (Å²) in [6.07, 6.45) is 7.62. The van der Waals surface area contributed by atoms with Crippen LogP contribution in [0.3, 0.4) is 0 Å². The lowest BCUT2D eigenvalue weighted by molar-refractivity contribution is 0.101. The Bertz CT molecular complexity index is 854. The number of aromatic nitrogens is 2. The number of hydrogen-bond donors (Lipinski definition) is 1. The predicted molar refractivity (Wildman–Crippen MR) is 93.8 cm³/mol. The Morgan fingerprint density at radius 1 is 1.36 bits per heavy atom. The molecule has 25 heavy (non-hydrogen) atoms. The summed E-state index contributed by atoms with van der Waals surface area (Å²) < 4.78 is 11.0. The molecule has 1 aliphatic heterocycles. The van der Waals surface area contributed by atoms with Crippen LogP contribution in [0.4, 0.5) is 5.69 Å². The van der Waals surface area contributed by atoms with E-state index in [1.807, 2.05) is 25.1 Å². The summed E-state index contributed by atoms with van der Waals surface area (Å²) in [6, 6.07) is 9.11. The van der Waals surface area contributed by atoms with Gasteiger partial charge in [0, 0.05) is 11.3 Å². The van der Waals surface area contributed by atoms with E-state index in [0.29, 0.717) is 23.4 Å². The maximum Gasteiger partial charge on any atom is 0.293 e. The predicted octanol–water partition coefficient (Wildman–Crippen LogP) is 3.02. The van der Waals surface area contributed by atoms with Crippen LogP contribution in [-0.2, 0) is 11.3 Å². The van der Waals surface area contributed by atoms with E-state index in [4.69, 9.17) is 15.9 Å². The van der Waals surface area contributed by atoms with E-state index in [1.165, 1.54) is 0 Å². The molecule has 0 radical (unpaired) electrons. The van der Waals surface area contributed by atoms with Gasteiger partial charge in [-0.3, -0.25) is 4.79 Å². The van der Waals surface area contributed by atoms with Gasteiger partial charge in [0.05, 0.1) is 17.5 Å². The zero-order valence-corrected chi connectivity index (χ0v) is 13.8. The lowest BCUT2D eigenvalue weighted by Crippen LogP contribution is -2.20. The van der Waals surface area contributed by atoms with Gasteiger partial charge in [-0.15, -0.1) is 6.42 Å². The quantitative estimate of drug-likeness (QED) is 0.850. The van der Waals surface area contributed by atoms with Crippen molar-refractivity contribution in [1.82, 2.24) is 9.97 Å². The molecule has 0 spiro atoms. The number of amides is 1. The largest absolute Gasteiger partial charge is 0.496 e. The number of terminal acetylenes is 1. The fourth-order valence-electron chi connectivity index (χ4n) is 2.43. The number of carbonyl (C=O) groups is 1. The Balaban J connectivity index is 1.98. The molecule has 0 saturated carbocycles. The Hall–Kier alpha value is -3.33. The van der Waals surface area contributed by atoms with E-state index in [9.17, 15) is 4.79 Å². The second kappa shape index (κ2) is 7.49. The first-order chi connectivity index (χ1) is 12.2. The third-order valence-electron chi connectivity index (χ3n) is 3.63. The van der Waals surface area contributed by atoms with Crippen molar-refractivity contribution >= 4 is 17.2 Å². The lowest BCUT2D eigenvalue weighted by Gasteiger charge is -2.19. The molecule has 1 amide bonds. The van der Waals surface area contributed by atoms with Gasteiger partial charge in [-0.05, 0) is 18.6 Å². The summed E-state index contributed by atoms with van der Waals surface area (Å²) in [5, 5.41) is 2.77. The van der Waals surface area contributed by atoms with Crippen LogP contribution in [0.5, 0.6) is 5.88 Å². The van der Waals surface area contributed by atoms with E-state index >= 15 is 0 Å². The molecule has 1 aromatic heterocycles. The van der Waals surface area contributed by atoms with Gasteiger partial charge in [-0.25, -0.2) is 4.98 Å². The van der Waals surface area contributed by atoms with E-state index in [2.05, 4.69) is 21.2 Å². The minimum absolute atomic E-state index is 0.0240. The lowest BCUT2D eigenvalue weighted by atomic mass is 10.0. The van der Waals surface area contributed by atoms with Crippen molar-refractivity contribution in [3.05, 3.63) is 53.7 Å². The molecule has 2 heterocycles. The number of nitrogens with one attached hydrogen (secondary N) is 1. The second-order valence-electron chi connectivity index (χ2n) is 5.30. The summed E-state index contributed by atoms with van der Waals surface area (Å²) in [4.78, 5) is 21.2. The molecule has 6 heteroatoms. The Labute approximate surface area is 145 Å².